The third-order valence-electron chi connectivity index (χ3n) is 5.69. The van der Waals surface area contributed by atoms with E-state index in [0.717, 1.165) is 6.04 Å². The minimum absolute atomic E-state index is 0.570. The van der Waals surface area contributed by atoms with Crippen LogP contribution in [0, 0.1) is 5.41 Å². The maximum Gasteiger partial charge on any atom is 0.0223 e. The molecule has 0 aromatic heterocycles. The van der Waals surface area contributed by atoms with Crippen LogP contribution in [0.5, 0.6) is 0 Å². The second-order valence-corrected chi connectivity index (χ2v) is 7.53. The van der Waals surface area contributed by atoms with Crippen molar-refractivity contribution in [3.63, 3.8) is 0 Å². The number of fused-ring (bicyclic) bond motifs is 1. The molecule has 0 radical (unpaired) electrons. The smallest absolute Gasteiger partial charge is 0.0223 e. The zero-order valence-corrected chi connectivity index (χ0v) is 12.9. The highest BCUT2D eigenvalue weighted by atomic mass is 15.3. The maximum atomic E-state index is 2.79. The van der Waals surface area contributed by atoms with Gasteiger partial charge < -0.3 is 9.80 Å². The van der Waals surface area contributed by atoms with E-state index in [1.54, 1.807) is 0 Å². The van der Waals surface area contributed by atoms with Crippen molar-refractivity contribution in [1.29, 1.82) is 0 Å². The number of likely N-dealkylation sites (tertiary alicyclic amines) is 1. The van der Waals surface area contributed by atoms with Gasteiger partial charge in [-0.1, -0.05) is 6.92 Å². The molecule has 0 aliphatic carbocycles. The Kier molecular flexibility index (Phi) is 4.16. The van der Waals surface area contributed by atoms with Gasteiger partial charge in [-0.2, -0.15) is 0 Å². The minimum atomic E-state index is 0.570. The molecule has 0 amide bonds. The molecule has 3 fully saturated rings. The first-order valence-electron chi connectivity index (χ1n) is 8.30. The molecule has 110 valence electrons. The summed E-state index contributed by atoms with van der Waals surface area (Å²) >= 11 is 0. The molecule has 0 bridgehead atoms. The van der Waals surface area contributed by atoms with Crippen molar-refractivity contribution < 1.29 is 0 Å². The van der Waals surface area contributed by atoms with Gasteiger partial charge in [-0.25, -0.2) is 0 Å². The molecule has 3 nitrogen and oxygen atoms in total. The van der Waals surface area contributed by atoms with Gasteiger partial charge in [-0.05, 0) is 77.3 Å². The Morgan fingerprint density at radius 3 is 2.53 bits per heavy atom. The number of rotatable bonds is 2. The monoisotopic (exact) mass is 265 g/mol. The lowest BCUT2D eigenvalue weighted by atomic mass is 9.80. The van der Waals surface area contributed by atoms with Crippen LogP contribution in [0.1, 0.15) is 39.0 Å². The molecule has 0 aromatic carbocycles. The number of piperidine rings is 1. The summed E-state index contributed by atoms with van der Waals surface area (Å²) in [7, 11) is 2.27. The van der Waals surface area contributed by atoms with E-state index >= 15 is 0 Å². The molecular formula is C16H31N3. The van der Waals surface area contributed by atoms with E-state index < -0.39 is 0 Å². The summed E-state index contributed by atoms with van der Waals surface area (Å²) in [6.07, 6.45) is 7.02. The van der Waals surface area contributed by atoms with Crippen molar-refractivity contribution in [1.82, 2.24) is 14.7 Å². The number of hydrogen-bond donors (Lipinski definition) is 0. The molecule has 3 rings (SSSR count). The molecule has 19 heavy (non-hydrogen) atoms. The van der Waals surface area contributed by atoms with Gasteiger partial charge in [0.25, 0.3) is 0 Å². The largest absolute Gasteiger partial charge is 0.306 e. The molecule has 0 aromatic rings. The van der Waals surface area contributed by atoms with E-state index in [0.29, 0.717) is 5.41 Å². The summed E-state index contributed by atoms with van der Waals surface area (Å²) in [5, 5.41) is 0. The summed E-state index contributed by atoms with van der Waals surface area (Å²) < 4.78 is 0. The fraction of sp³-hybridized carbons (Fsp3) is 1.00. The van der Waals surface area contributed by atoms with Crippen molar-refractivity contribution in [3.05, 3.63) is 0 Å². The second kappa shape index (κ2) is 5.71. The Bertz CT molecular complexity index is 296. The van der Waals surface area contributed by atoms with E-state index in [1.807, 2.05) is 0 Å². The fourth-order valence-electron chi connectivity index (χ4n) is 4.28. The average molecular weight is 265 g/mol. The molecule has 1 unspecified atom stereocenters. The van der Waals surface area contributed by atoms with Crippen LogP contribution in [0.4, 0.5) is 0 Å². The Balaban J connectivity index is 1.56. The molecule has 0 saturated carbocycles. The van der Waals surface area contributed by atoms with Gasteiger partial charge in [0.15, 0.2) is 0 Å². The molecule has 1 atom stereocenters. The highest BCUT2D eigenvalue weighted by Gasteiger charge is 2.34. The number of nitrogens with zero attached hydrogens (tertiary/aromatic N) is 3. The van der Waals surface area contributed by atoms with Crippen molar-refractivity contribution >= 4 is 0 Å². The second-order valence-electron chi connectivity index (χ2n) is 7.53. The van der Waals surface area contributed by atoms with Crippen LogP contribution in [0.15, 0.2) is 0 Å². The van der Waals surface area contributed by atoms with Gasteiger partial charge in [-0.3, -0.25) is 4.90 Å². The quantitative estimate of drug-likeness (QED) is 0.755. The lowest BCUT2D eigenvalue weighted by molar-refractivity contribution is 0.0828. The van der Waals surface area contributed by atoms with Crippen LogP contribution in [-0.4, -0.2) is 73.6 Å². The fourth-order valence-corrected chi connectivity index (χ4v) is 4.28. The first kappa shape index (κ1) is 13.8. The van der Waals surface area contributed by atoms with Crippen LogP contribution in [-0.2, 0) is 0 Å². The third-order valence-corrected chi connectivity index (χ3v) is 5.69. The molecule has 3 aliphatic heterocycles. The first-order chi connectivity index (χ1) is 9.15. The van der Waals surface area contributed by atoms with Gasteiger partial charge in [0.2, 0.25) is 0 Å². The zero-order valence-electron chi connectivity index (χ0n) is 12.9. The lowest BCUT2D eigenvalue weighted by Gasteiger charge is -2.41. The summed E-state index contributed by atoms with van der Waals surface area (Å²) in [5.41, 5.74) is 0.570. The first-order valence-corrected chi connectivity index (χ1v) is 8.30. The number of hydrogen-bond acceptors (Lipinski definition) is 3. The Morgan fingerprint density at radius 2 is 1.74 bits per heavy atom. The lowest BCUT2D eigenvalue weighted by Crippen LogP contribution is -2.45. The van der Waals surface area contributed by atoms with E-state index in [9.17, 15) is 0 Å². The summed E-state index contributed by atoms with van der Waals surface area (Å²) in [6.45, 7) is 11.8. The molecule has 3 heteroatoms. The highest BCUT2D eigenvalue weighted by molar-refractivity contribution is 4.89. The van der Waals surface area contributed by atoms with Crippen LogP contribution >= 0.6 is 0 Å². The van der Waals surface area contributed by atoms with E-state index in [-0.39, 0.29) is 0 Å². The summed E-state index contributed by atoms with van der Waals surface area (Å²) in [4.78, 5) is 8.03. The maximum absolute atomic E-state index is 2.79. The average Bonchev–Trinajstić information content (AvgIpc) is 2.73. The summed E-state index contributed by atoms with van der Waals surface area (Å²) in [5.74, 6) is 0. The van der Waals surface area contributed by atoms with Crippen LogP contribution in [0.3, 0.4) is 0 Å². The molecule has 0 N–H and O–H groups in total. The van der Waals surface area contributed by atoms with Crippen LogP contribution < -0.4 is 0 Å². The van der Waals surface area contributed by atoms with E-state index in [4.69, 9.17) is 0 Å². The Morgan fingerprint density at radius 1 is 1.00 bits per heavy atom. The van der Waals surface area contributed by atoms with Gasteiger partial charge >= 0.3 is 0 Å². The summed E-state index contributed by atoms with van der Waals surface area (Å²) in [6, 6.07) is 0.873. The van der Waals surface area contributed by atoms with Gasteiger partial charge in [0, 0.05) is 19.1 Å². The van der Waals surface area contributed by atoms with Crippen LogP contribution in [0.25, 0.3) is 0 Å². The van der Waals surface area contributed by atoms with Gasteiger partial charge in [0.05, 0.1) is 0 Å². The third kappa shape index (κ3) is 3.32. The van der Waals surface area contributed by atoms with E-state index in [1.165, 1.54) is 77.9 Å². The Labute approximate surface area is 118 Å². The molecule has 3 heterocycles. The van der Waals surface area contributed by atoms with Crippen molar-refractivity contribution in [2.24, 2.45) is 5.41 Å². The SMILES string of the molecule is CN1CCC(C)(CN2CCCN3CCCC3C2)CC1. The van der Waals surface area contributed by atoms with Crippen molar-refractivity contribution in [2.45, 2.75) is 45.1 Å². The van der Waals surface area contributed by atoms with Crippen molar-refractivity contribution in [2.75, 3.05) is 52.9 Å². The van der Waals surface area contributed by atoms with Crippen LogP contribution in [0.2, 0.25) is 0 Å². The standard InChI is InChI=1S/C16H31N3/c1-16(6-11-17(2)12-7-16)14-18-8-4-10-19-9-3-5-15(19)13-18/h15H,3-14H2,1-2H3. The van der Waals surface area contributed by atoms with Crippen molar-refractivity contribution in [3.8, 4) is 0 Å². The normalized spacial score (nSPS) is 34.1. The minimum Gasteiger partial charge on any atom is -0.306 e. The predicted molar refractivity (Wildman–Crippen MR) is 80.5 cm³/mol. The highest BCUT2D eigenvalue weighted by Crippen LogP contribution is 2.32. The van der Waals surface area contributed by atoms with Gasteiger partial charge in [-0.15, -0.1) is 0 Å². The van der Waals surface area contributed by atoms with E-state index in [2.05, 4.69) is 28.7 Å². The molecule has 3 aliphatic rings. The predicted octanol–water partition coefficient (Wildman–Crippen LogP) is 1.89. The molecular weight excluding hydrogens is 234 g/mol. The topological polar surface area (TPSA) is 9.72 Å². The molecule has 3 saturated heterocycles. The zero-order chi connectivity index (χ0) is 13.3. The van der Waals surface area contributed by atoms with Gasteiger partial charge in [0.1, 0.15) is 0 Å². The molecule has 0 spiro atoms. The Hall–Kier alpha value is -0.120.